The standard InChI is InChI=1S/C27H22F3N3O4S/c28-27(29,30)37-21-10-8-20(9-11-21)32-26-33(14-4-13-31-25(34)18-5-2-1-3-6-18)22(16-38-26)19-7-12-23-24(15-19)36-17-35-23/h1-3,5-12,15-16H,4,13-14,17H2,(H,31,34). The molecule has 0 fully saturated rings. The lowest BCUT2D eigenvalue weighted by Crippen LogP contribution is -2.26. The first kappa shape index (κ1) is 25.4. The van der Waals surface area contributed by atoms with Gasteiger partial charge in [-0.1, -0.05) is 18.2 Å². The average Bonchev–Trinajstić information content (AvgIpc) is 3.53. The van der Waals surface area contributed by atoms with E-state index in [1.165, 1.54) is 35.6 Å². The molecule has 11 heteroatoms. The van der Waals surface area contributed by atoms with Crippen LogP contribution in [0.15, 0.2) is 83.2 Å². The lowest BCUT2D eigenvalue weighted by Gasteiger charge is -2.11. The molecule has 1 amide bonds. The van der Waals surface area contributed by atoms with Crippen LogP contribution in [0.3, 0.4) is 0 Å². The fraction of sp³-hybridized carbons (Fsp3) is 0.185. The summed E-state index contributed by atoms with van der Waals surface area (Å²) >= 11 is 1.40. The minimum atomic E-state index is -4.76. The summed E-state index contributed by atoms with van der Waals surface area (Å²) in [6.07, 6.45) is -4.14. The summed E-state index contributed by atoms with van der Waals surface area (Å²) in [6, 6.07) is 20.0. The molecule has 38 heavy (non-hydrogen) atoms. The van der Waals surface area contributed by atoms with Crippen LogP contribution in [0.5, 0.6) is 17.2 Å². The molecule has 0 aliphatic carbocycles. The van der Waals surface area contributed by atoms with Crippen LogP contribution in [0.1, 0.15) is 16.8 Å². The Bertz CT molecular complexity index is 1480. The van der Waals surface area contributed by atoms with E-state index in [0.29, 0.717) is 47.1 Å². The molecule has 1 aliphatic heterocycles. The van der Waals surface area contributed by atoms with Crippen LogP contribution in [-0.4, -0.2) is 30.2 Å². The summed E-state index contributed by atoms with van der Waals surface area (Å²) in [7, 11) is 0. The minimum absolute atomic E-state index is 0.150. The van der Waals surface area contributed by atoms with E-state index in [0.717, 1.165) is 11.3 Å². The molecule has 1 N–H and O–H groups in total. The quantitative estimate of drug-likeness (QED) is 0.282. The molecule has 5 rings (SSSR count). The van der Waals surface area contributed by atoms with Crippen LogP contribution in [0.25, 0.3) is 11.3 Å². The van der Waals surface area contributed by atoms with E-state index in [2.05, 4.69) is 15.0 Å². The van der Waals surface area contributed by atoms with Gasteiger partial charge >= 0.3 is 6.36 Å². The molecule has 4 aromatic rings. The maximum atomic E-state index is 12.5. The number of carbonyl (C=O) groups excluding carboxylic acids is 1. The first-order valence-electron chi connectivity index (χ1n) is 11.7. The Hall–Kier alpha value is -4.25. The highest BCUT2D eigenvalue weighted by Gasteiger charge is 2.31. The highest BCUT2D eigenvalue weighted by molar-refractivity contribution is 7.07. The van der Waals surface area contributed by atoms with Gasteiger partial charge in [0.2, 0.25) is 6.79 Å². The van der Waals surface area contributed by atoms with E-state index >= 15 is 0 Å². The SMILES string of the molecule is O=C(NCCCn1c(-c2ccc3c(c2)OCO3)csc1=Nc1ccc(OC(F)(F)F)cc1)c1ccccc1. The number of fused-ring (bicyclic) bond motifs is 1. The van der Waals surface area contributed by atoms with Crippen molar-refractivity contribution in [2.24, 2.45) is 4.99 Å². The van der Waals surface area contributed by atoms with Gasteiger partial charge in [0.05, 0.1) is 11.4 Å². The third kappa shape index (κ3) is 6.17. The fourth-order valence-electron chi connectivity index (χ4n) is 3.88. The molecule has 3 aromatic carbocycles. The second kappa shape index (κ2) is 11.0. The van der Waals surface area contributed by atoms with Crippen molar-refractivity contribution in [1.29, 1.82) is 0 Å². The van der Waals surface area contributed by atoms with Gasteiger partial charge in [0, 0.05) is 29.6 Å². The maximum Gasteiger partial charge on any atom is 0.573 e. The number of carbonyl (C=O) groups is 1. The van der Waals surface area contributed by atoms with E-state index in [1.807, 2.05) is 46.3 Å². The molecular formula is C27H22F3N3O4S. The number of alkyl halides is 3. The zero-order valence-corrected chi connectivity index (χ0v) is 20.7. The van der Waals surface area contributed by atoms with Gasteiger partial charge in [-0.25, -0.2) is 4.99 Å². The van der Waals surface area contributed by atoms with E-state index < -0.39 is 6.36 Å². The molecular weight excluding hydrogens is 519 g/mol. The molecule has 2 heterocycles. The summed E-state index contributed by atoms with van der Waals surface area (Å²) in [5.41, 5.74) is 2.85. The number of thiazole rings is 1. The summed E-state index contributed by atoms with van der Waals surface area (Å²) < 4.78 is 54.4. The van der Waals surface area contributed by atoms with Crippen LogP contribution >= 0.6 is 11.3 Å². The van der Waals surface area contributed by atoms with Gasteiger partial charge in [-0.3, -0.25) is 4.79 Å². The molecule has 0 bridgehead atoms. The first-order chi connectivity index (χ1) is 18.4. The highest BCUT2D eigenvalue weighted by Crippen LogP contribution is 2.36. The van der Waals surface area contributed by atoms with Crippen molar-refractivity contribution in [1.82, 2.24) is 9.88 Å². The van der Waals surface area contributed by atoms with E-state index in [1.54, 1.807) is 12.1 Å². The van der Waals surface area contributed by atoms with Gasteiger partial charge in [0.1, 0.15) is 5.75 Å². The Morgan fingerprint density at radius 1 is 1.03 bits per heavy atom. The number of rotatable bonds is 8. The molecule has 1 aromatic heterocycles. The molecule has 0 saturated heterocycles. The van der Waals surface area contributed by atoms with E-state index in [9.17, 15) is 18.0 Å². The number of hydrogen-bond donors (Lipinski definition) is 1. The summed E-state index contributed by atoms with van der Waals surface area (Å²) in [5.74, 6) is 0.855. The highest BCUT2D eigenvalue weighted by atomic mass is 32.1. The number of aromatic nitrogens is 1. The summed E-state index contributed by atoms with van der Waals surface area (Å²) in [5, 5.41) is 4.89. The van der Waals surface area contributed by atoms with E-state index in [-0.39, 0.29) is 18.4 Å². The molecule has 7 nitrogen and oxygen atoms in total. The Morgan fingerprint density at radius 2 is 1.79 bits per heavy atom. The molecule has 196 valence electrons. The maximum absolute atomic E-state index is 12.5. The Labute approximate surface area is 219 Å². The first-order valence-corrected chi connectivity index (χ1v) is 12.6. The largest absolute Gasteiger partial charge is 0.573 e. The minimum Gasteiger partial charge on any atom is -0.454 e. The topological polar surface area (TPSA) is 74.1 Å². The molecule has 0 atom stereocenters. The number of benzene rings is 3. The number of amides is 1. The number of nitrogens with zero attached hydrogens (tertiary/aromatic N) is 2. The van der Waals surface area contributed by atoms with Crippen molar-refractivity contribution in [3.8, 4) is 28.5 Å². The predicted molar refractivity (Wildman–Crippen MR) is 136 cm³/mol. The molecule has 0 radical (unpaired) electrons. The van der Waals surface area contributed by atoms with Crippen molar-refractivity contribution < 1.29 is 32.2 Å². The van der Waals surface area contributed by atoms with Gasteiger partial charge in [-0.05, 0) is 61.0 Å². The van der Waals surface area contributed by atoms with Crippen LogP contribution < -0.4 is 24.3 Å². The Morgan fingerprint density at radius 3 is 2.55 bits per heavy atom. The smallest absolute Gasteiger partial charge is 0.454 e. The third-order valence-electron chi connectivity index (χ3n) is 5.64. The van der Waals surface area contributed by atoms with Gasteiger partial charge in [-0.2, -0.15) is 0 Å². The van der Waals surface area contributed by atoms with Crippen molar-refractivity contribution in [3.05, 3.63) is 88.5 Å². The number of nitrogens with one attached hydrogen (secondary N) is 1. The Kier molecular flexibility index (Phi) is 7.36. The summed E-state index contributed by atoms with van der Waals surface area (Å²) in [4.78, 5) is 17.7. The lowest BCUT2D eigenvalue weighted by molar-refractivity contribution is -0.274. The van der Waals surface area contributed by atoms with Crippen molar-refractivity contribution in [3.63, 3.8) is 0 Å². The predicted octanol–water partition coefficient (Wildman–Crippen LogP) is 5.90. The molecule has 0 unspecified atom stereocenters. The number of ether oxygens (including phenoxy) is 3. The molecule has 0 saturated carbocycles. The van der Waals surface area contributed by atoms with Crippen LogP contribution in [0.4, 0.5) is 18.9 Å². The van der Waals surface area contributed by atoms with Gasteiger partial charge in [-0.15, -0.1) is 24.5 Å². The number of halogens is 3. The van der Waals surface area contributed by atoms with Crippen LogP contribution in [-0.2, 0) is 6.54 Å². The van der Waals surface area contributed by atoms with Gasteiger partial charge < -0.3 is 24.1 Å². The monoisotopic (exact) mass is 541 g/mol. The third-order valence-corrected chi connectivity index (χ3v) is 6.50. The fourth-order valence-corrected chi connectivity index (χ4v) is 4.84. The normalized spacial score (nSPS) is 13.0. The Balaban J connectivity index is 1.38. The molecule has 1 aliphatic rings. The zero-order valence-electron chi connectivity index (χ0n) is 19.9. The lowest BCUT2D eigenvalue weighted by atomic mass is 10.1. The van der Waals surface area contributed by atoms with E-state index in [4.69, 9.17) is 9.47 Å². The second-order valence-corrected chi connectivity index (χ2v) is 9.09. The van der Waals surface area contributed by atoms with Gasteiger partial charge in [0.15, 0.2) is 16.3 Å². The van der Waals surface area contributed by atoms with Gasteiger partial charge in [0.25, 0.3) is 5.91 Å². The average molecular weight is 542 g/mol. The van der Waals surface area contributed by atoms with Crippen LogP contribution in [0, 0.1) is 0 Å². The number of hydrogen-bond acceptors (Lipinski definition) is 6. The van der Waals surface area contributed by atoms with Crippen LogP contribution in [0.2, 0.25) is 0 Å². The van der Waals surface area contributed by atoms with Crippen molar-refractivity contribution in [2.45, 2.75) is 19.3 Å². The zero-order chi connectivity index (χ0) is 26.5. The van der Waals surface area contributed by atoms with Crippen molar-refractivity contribution >= 4 is 22.9 Å². The second-order valence-electron chi connectivity index (χ2n) is 8.25. The molecule has 0 spiro atoms. The van der Waals surface area contributed by atoms with Crippen molar-refractivity contribution in [2.75, 3.05) is 13.3 Å². The summed E-state index contributed by atoms with van der Waals surface area (Å²) in [6.45, 7) is 1.15.